The second kappa shape index (κ2) is 6.74. The number of aromatic nitrogens is 1. The number of rotatable bonds is 3. The third-order valence-electron chi connectivity index (χ3n) is 3.86. The maximum absolute atomic E-state index is 12.6. The molecule has 0 bridgehead atoms. The fourth-order valence-electron chi connectivity index (χ4n) is 2.73. The molecule has 104 valence electrons. The fourth-order valence-corrected chi connectivity index (χ4v) is 4.60. The van der Waals surface area contributed by atoms with Gasteiger partial charge in [-0.1, -0.05) is 30.3 Å². The first-order valence-electron chi connectivity index (χ1n) is 6.54. The van der Waals surface area contributed by atoms with Crippen molar-refractivity contribution in [2.75, 3.05) is 0 Å². The molecule has 0 aliphatic heterocycles. The molecule has 2 unspecified atom stereocenters. The Morgan fingerprint density at radius 2 is 1.81 bits per heavy atom. The average Bonchev–Trinajstić information content (AvgIpc) is 2.92. The minimum absolute atomic E-state index is 0. The van der Waals surface area contributed by atoms with Crippen molar-refractivity contribution in [3.8, 4) is 0 Å². The van der Waals surface area contributed by atoms with Gasteiger partial charge in [-0.05, 0) is 30.0 Å². The molecule has 3 rings (SSSR count). The van der Waals surface area contributed by atoms with Gasteiger partial charge in [-0.2, -0.15) is 0 Å². The molecule has 0 amide bonds. The summed E-state index contributed by atoms with van der Waals surface area (Å²) in [6.07, 6.45) is 3.91. The Morgan fingerprint density at radius 3 is 2.33 bits per heavy atom. The third kappa shape index (κ3) is 3.31. The molecule has 21 heavy (non-hydrogen) atoms. The monoisotopic (exact) mass is 311 g/mol. The number of hydrogen-bond donors (Lipinski definition) is 1. The zero-order valence-corrected chi connectivity index (χ0v) is 14.7. The van der Waals surface area contributed by atoms with Crippen LogP contribution in [0.1, 0.15) is 22.5 Å². The summed E-state index contributed by atoms with van der Waals surface area (Å²) < 4.78 is 12.6. The van der Waals surface area contributed by atoms with E-state index in [0.717, 1.165) is 11.1 Å². The molecule has 1 N–H and O–H groups in total. The van der Waals surface area contributed by atoms with Crippen LogP contribution in [0.5, 0.6) is 0 Å². The average molecular weight is 311 g/mol. The van der Waals surface area contributed by atoms with Crippen molar-refractivity contribution in [2.24, 2.45) is 0 Å². The van der Waals surface area contributed by atoms with Gasteiger partial charge in [0.15, 0.2) is 0 Å². The predicted octanol–water partition coefficient (Wildman–Crippen LogP) is -1.12. The summed E-state index contributed by atoms with van der Waals surface area (Å²) in [6, 6.07) is 10.9. The third-order valence-corrected chi connectivity index (χ3v) is 6.22. The molecule has 1 aromatic carbocycles. The number of benzene rings is 1. The molecule has 4 nitrogen and oxygen atoms in total. The summed E-state index contributed by atoms with van der Waals surface area (Å²) in [7, 11) is -3.97. The first kappa shape index (κ1) is 16.9. The molecule has 2 aromatic rings. The minimum Gasteiger partial charge on any atom is -0.797 e. The quantitative estimate of drug-likeness (QED) is 0.576. The molecule has 6 heteroatoms. The van der Waals surface area contributed by atoms with Crippen LogP contribution in [0.25, 0.3) is 0 Å². The Labute approximate surface area is 146 Å². The summed E-state index contributed by atoms with van der Waals surface area (Å²) in [5, 5.41) is 10.2. The van der Waals surface area contributed by atoms with Crippen molar-refractivity contribution < 1.29 is 44.1 Å². The predicted molar refractivity (Wildman–Crippen MR) is 74.4 cm³/mol. The molecule has 2 atom stereocenters. The molecule has 0 saturated carbocycles. The summed E-state index contributed by atoms with van der Waals surface area (Å²) in [6.45, 7) is 0. The van der Waals surface area contributed by atoms with Crippen LogP contribution >= 0.6 is 7.37 Å². The van der Waals surface area contributed by atoms with Crippen molar-refractivity contribution in [3.05, 3.63) is 65.5 Å². The molecular formula is C15H15NNaO3P. The van der Waals surface area contributed by atoms with Crippen LogP contribution in [0.3, 0.4) is 0 Å². The molecular weight excluding hydrogens is 296 g/mol. The van der Waals surface area contributed by atoms with Crippen molar-refractivity contribution in [2.45, 2.75) is 24.3 Å². The maximum Gasteiger partial charge on any atom is 1.00 e. The van der Waals surface area contributed by atoms with Crippen LogP contribution in [0.15, 0.2) is 48.8 Å². The second-order valence-electron chi connectivity index (χ2n) is 5.14. The Bertz CT molecular complexity index is 640. The first-order chi connectivity index (χ1) is 9.59. The van der Waals surface area contributed by atoms with Crippen LogP contribution in [-0.4, -0.2) is 15.7 Å². The molecule has 1 aliphatic carbocycles. The summed E-state index contributed by atoms with van der Waals surface area (Å²) >= 11 is 0. The molecule has 1 aliphatic rings. The number of pyridine rings is 1. The van der Waals surface area contributed by atoms with E-state index in [1.54, 1.807) is 18.3 Å². The molecule has 0 radical (unpaired) electrons. The van der Waals surface area contributed by atoms with Gasteiger partial charge in [0.1, 0.15) is 5.85 Å². The number of hydrogen-bond acceptors (Lipinski definition) is 4. The zero-order chi connectivity index (χ0) is 14.2. The van der Waals surface area contributed by atoms with Gasteiger partial charge in [-0.3, -0.25) is 4.98 Å². The SMILES string of the molecule is O=P([O-])(C1Cc2ccccc2C1)C(O)c1cccnc1.[Na+]. The second-order valence-corrected chi connectivity index (χ2v) is 7.65. The van der Waals surface area contributed by atoms with Crippen LogP contribution in [0, 0.1) is 0 Å². The molecule has 1 aromatic heterocycles. The van der Waals surface area contributed by atoms with Gasteiger partial charge in [-0.15, -0.1) is 0 Å². The Hall–Kier alpha value is -0.480. The van der Waals surface area contributed by atoms with Crippen molar-refractivity contribution in [1.82, 2.24) is 4.98 Å². The van der Waals surface area contributed by atoms with Crippen molar-refractivity contribution >= 4 is 7.37 Å². The van der Waals surface area contributed by atoms with Crippen LogP contribution in [0.2, 0.25) is 0 Å². The van der Waals surface area contributed by atoms with Crippen LogP contribution in [-0.2, 0) is 17.4 Å². The van der Waals surface area contributed by atoms with Gasteiger partial charge >= 0.3 is 29.6 Å². The van der Waals surface area contributed by atoms with E-state index in [9.17, 15) is 14.6 Å². The van der Waals surface area contributed by atoms with E-state index in [2.05, 4.69) is 4.98 Å². The number of fused-ring (bicyclic) bond motifs is 1. The van der Waals surface area contributed by atoms with Gasteiger partial charge in [0, 0.05) is 23.6 Å². The normalized spacial score (nSPS) is 18.4. The molecule has 0 saturated heterocycles. The van der Waals surface area contributed by atoms with Gasteiger partial charge in [-0.25, -0.2) is 0 Å². The summed E-state index contributed by atoms with van der Waals surface area (Å²) in [5.74, 6) is -1.48. The van der Waals surface area contributed by atoms with Gasteiger partial charge in [0.2, 0.25) is 0 Å². The van der Waals surface area contributed by atoms with Crippen molar-refractivity contribution in [3.63, 3.8) is 0 Å². The van der Waals surface area contributed by atoms with E-state index in [1.165, 1.54) is 6.20 Å². The minimum atomic E-state index is -3.97. The Balaban J connectivity index is 0.00000161. The van der Waals surface area contributed by atoms with Gasteiger partial charge < -0.3 is 14.6 Å². The van der Waals surface area contributed by atoms with E-state index in [1.807, 2.05) is 24.3 Å². The van der Waals surface area contributed by atoms with E-state index in [0.29, 0.717) is 18.4 Å². The number of aliphatic hydroxyl groups excluding tert-OH is 1. The summed E-state index contributed by atoms with van der Waals surface area (Å²) in [4.78, 5) is 16.4. The number of aliphatic hydroxyl groups is 1. The fraction of sp³-hybridized carbons (Fsp3) is 0.267. The first-order valence-corrected chi connectivity index (χ1v) is 8.30. The molecule has 0 fully saturated rings. The maximum atomic E-state index is 12.6. The van der Waals surface area contributed by atoms with Gasteiger partial charge in [0.25, 0.3) is 0 Å². The van der Waals surface area contributed by atoms with Crippen LogP contribution < -0.4 is 34.5 Å². The standard InChI is InChI=1S/C15H16NO3P.Na/c17-15(13-6-3-7-16-10-13)20(18,19)14-8-11-4-1-2-5-12(11)9-14;/h1-7,10,14-15,17H,8-9H2,(H,18,19);/q;+1/p-1. The van der Waals surface area contributed by atoms with Crippen molar-refractivity contribution in [1.29, 1.82) is 0 Å². The topological polar surface area (TPSA) is 73.2 Å². The Kier molecular flexibility index (Phi) is 5.42. The number of nitrogens with zero attached hydrogens (tertiary/aromatic N) is 1. The van der Waals surface area contributed by atoms with E-state index in [4.69, 9.17) is 0 Å². The van der Waals surface area contributed by atoms with E-state index in [-0.39, 0.29) is 29.6 Å². The molecule has 0 spiro atoms. The largest absolute Gasteiger partial charge is 1.00 e. The van der Waals surface area contributed by atoms with E-state index < -0.39 is 18.9 Å². The van der Waals surface area contributed by atoms with Gasteiger partial charge in [0.05, 0.1) is 7.37 Å². The Morgan fingerprint density at radius 1 is 1.19 bits per heavy atom. The van der Waals surface area contributed by atoms with E-state index >= 15 is 0 Å². The summed E-state index contributed by atoms with van der Waals surface area (Å²) in [5.41, 5.74) is 1.93. The van der Waals surface area contributed by atoms with Crippen LogP contribution in [0.4, 0.5) is 0 Å². The molecule has 1 heterocycles. The zero-order valence-electron chi connectivity index (χ0n) is 11.8. The smallest absolute Gasteiger partial charge is 0.797 e.